The molecule has 0 atom stereocenters. The van der Waals surface area contributed by atoms with Crippen LogP contribution in [-0.2, 0) is 0 Å². The van der Waals surface area contributed by atoms with Crippen LogP contribution < -0.4 is 0 Å². The predicted octanol–water partition coefficient (Wildman–Crippen LogP) is 1.33. The van der Waals surface area contributed by atoms with Crippen molar-refractivity contribution in [3.8, 4) is 0 Å². The number of nitrogens with zero attached hydrogens (tertiary/aromatic N) is 3. The fourth-order valence-corrected chi connectivity index (χ4v) is 2.56. The van der Waals surface area contributed by atoms with Crippen LogP contribution in [-0.4, -0.2) is 66.4 Å². The number of imide groups is 1. The second-order valence-corrected chi connectivity index (χ2v) is 5.15. The van der Waals surface area contributed by atoms with Gasteiger partial charge in [-0.1, -0.05) is 12.1 Å². The molecule has 2 aliphatic rings. The topological polar surface area (TPSA) is 43.9 Å². The zero-order valence-corrected chi connectivity index (χ0v) is 13.5. The third-order valence-electron chi connectivity index (χ3n) is 3.82. The number of halogens is 2. The van der Waals surface area contributed by atoms with Gasteiger partial charge in [0.15, 0.2) is 0 Å². The summed E-state index contributed by atoms with van der Waals surface area (Å²) < 4.78 is 0. The highest BCUT2D eigenvalue weighted by Crippen LogP contribution is 2.22. The van der Waals surface area contributed by atoms with Crippen molar-refractivity contribution in [1.29, 1.82) is 0 Å². The molecule has 116 valence electrons. The van der Waals surface area contributed by atoms with Gasteiger partial charge in [0.25, 0.3) is 11.8 Å². The molecule has 0 spiro atoms. The van der Waals surface area contributed by atoms with Gasteiger partial charge in [-0.2, -0.15) is 0 Å². The lowest BCUT2D eigenvalue weighted by Gasteiger charge is -2.34. The highest BCUT2D eigenvalue weighted by Gasteiger charge is 2.36. The minimum Gasteiger partial charge on any atom is -0.304 e. The van der Waals surface area contributed by atoms with Gasteiger partial charge in [0.05, 0.1) is 17.8 Å². The summed E-state index contributed by atoms with van der Waals surface area (Å²) in [5.74, 6) is -0.334. The summed E-state index contributed by atoms with van der Waals surface area (Å²) >= 11 is 0. The van der Waals surface area contributed by atoms with Gasteiger partial charge in [-0.25, -0.2) is 0 Å². The third kappa shape index (κ3) is 3.37. The molecule has 2 heterocycles. The maximum Gasteiger partial charge on any atom is 0.262 e. The predicted molar refractivity (Wildman–Crippen MR) is 85.4 cm³/mol. The Morgan fingerprint density at radius 1 is 0.905 bits per heavy atom. The number of hydrogen-bond acceptors (Lipinski definition) is 4. The van der Waals surface area contributed by atoms with E-state index >= 15 is 0 Å². The maximum atomic E-state index is 12.2. The van der Waals surface area contributed by atoms with Crippen LogP contribution in [0.3, 0.4) is 0 Å². The van der Waals surface area contributed by atoms with Gasteiger partial charge in [0, 0.05) is 26.2 Å². The lowest BCUT2D eigenvalue weighted by atomic mass is 10.1. The number of likely N-dealkylation sites (N-methyl/N-ethyl adjacent to an activating group) is 1. The molecule has 3 rings (SSSR count). The summed E-state index contributed by atoms with van der Waals surface area (Å²) in [5.41, 5.74) is 1.06. The van der Waals surface area contributed by atoms with Crippen molar-refractivity contribution in [2.45, 2.75) is 0 Å². The van der Waals surface area contributed by atoms with Gasteiger partial charge in [0.2, 0.25) is 0 Å². The largest absolute Gasteiger partial charge is 0.304 e. The standard InChI is InChI=1S/C14H17N3O2.2ClH/c1-15-6-8-16(9-7-15)10-17-13(18)11-4-2-3-5-12(11)14(17)19;;/h2-5H,6-10H2,1H3;2*1H. The molecule has 0 aliphatic carbocycles. The van der Waals surface area contributed by atoms with E-state index < -0.39 is 0 Å². The van der Waals surface area contributed by atoms with Crippen LogP contribution in [0.25, 0.3) is 0 Å². The van der Waals surface area contributed by atoms with Gasteiger partial charge in [-0.05, 0) is 19.2 Å². The van der Waals surface area contributed by atoms with E-state index in [1.807, 2.05) is 0 Å². The van der Waals surface area contributed by atoms with Gasteiger partial charge in [-0.3, -0.25) is 19.4 Å². The lowest BCUT2D eigenvalue weighted by Crippen LogP contribution is -2.50. The van der Waals surface area contributed by atoms with Crippen molar-refractivity contribution in [2.75, 3.05) is 39.9 Å². The van der Waals surface area contributed by atoms with E-state index in [1.54, 1.807) is 24.3 Å². The van der Waals surface area contributed by atoms with E-state index in [9.17, 15) is 9.59 Å². The summed E-state index contributed by atoms with van der Waals surface area (Å²) in [5, 5.41) is 0. The molecule has 2 aliphatic heterocycles. The van der Waals surface area contributed by atoms with E-state index in [1.165, 1.54) is 4.90 Å². The zero-order chi connectivity index (χ0) is 13.4. The molecule has 0 N–H and O–H groups in total. The normalized spacial score (nSPS) is 19.0. The van der Waals surface area contributed by atoms with Crippen LogP contribution in [0, 0.1) is 0 Å². The molecule has 1 aromatic carbocycles. The summed E-state index contributed by atoms with van der Waals surface area (Å²) in [4.78, 5) is 30.2. The Labute approximate surface area is 136 Å². The van der Waals surface area contributed by atoms with Crippen LogP contribution in [0.5, 0.6) is 0 Å². The molecule has 0 saturated carbocycles. The van der Waals surface area contributed by atoms with E-state index in [0.29, 0.717) is 17.8 Å². The van der Waals surface area contributed by atoms with E-state index in [4.69, 9.17) is 0 Å². The molecule has 1 saturated heterocycles. The number of fused-ring (bicyclic) bond motifs is 1. The van der Waals surface area contributed by atoms with Crippen molar-refractivity contribution >= 4 is 36.6 Å². The van der Waals surface area contributed by atoms with Gasteiger partial charge in [-0.15, -0.1) is 24.8 Å². The fourth-order valence-electron chi connectivity index (χ4n) is 2.56. The van der Waals surface area contributed by atoms with Crippen molar-refractivity contribution in [1.82, 2.24) is 14.7 Å². The highest BCUT2D eigenvalue weighted by atomic mass is 35.5. The maximum absolute atomic E-state index is 12.2. The first-order valence-electron chi connectivity index (χ1n) is 6.53. The van der Waals surface area contributed by atoms with Gasteiger partial charge < -0.3 is 4.90 Å². The average molecular weight is 332 g/mol. The SMILES string of the molecule is CN1CCN(CN2C(=O)c3ccccc3C2=O)CC1.Cl.Cl. The average Bonchev–Trinajstić information content (AvgIpc) is 2.67. The van der Waals surface area contributed by atoms with E-state index in [2.05, 4.69) is 16.8 Å². The lowest BCUT2D eigenvalue weighted by molar-refractivity contribution is 0.0475. The highest BCUT2D eigenvalue weighted by molar-refractivity contribution is 6.21. The first-order chi connectivity index (χ1) is 9.16. The number of piperazine rings is 1. The molecule has 1 fully saturated rings. The first kappa shape index (κ1) is 17.9. The van der Waals surface area contributed by atoms with Crippen molar-refractivity contribution in [3.63, 3.8) is 0 Å². The Morgan fingerprint density at radius 3 is 1.86 bits per heavy atom. The number of carbonyl (C=O) groups excluding carboxylic acids is 2. The molecule has 0 bridgehead atoms. The Bertz CT molecular complexity index is 496. The fraction of sp³-hybridized carbons (Fsp3) is 0.429. The first-order valence-corrected chi connectivity index (χ1v) is 6.53. The van der Waals surface area contributed by atoms with E-state index in [0.717, 1.165) is 26.2 Å². The summed E-state index contributed by atoms with van der Waals surface area (Å²) in [6.07, 6.45) is 0. The van der Waals surface area contributed by atoms with E-state index in [-0.39, 0.29) is 36.6 Å². The van der Waals surface area contributed by atoms with Crippen LogP contribution in [0.4, 0.5) is 0 Å². The van der Waals surface area contributed by atoms with Crippen LogP contribution in [0.2, 0.25) is 0 Å². The number of hydrogen-bond donors (Lipinski definition) is 0. The second kappa shape index (κ2) is 7.22. The Hall–Kier alpha value is -1.14. The molecule has 0 radical (unpaired) electrons. The Kier molecular flexibility index (Phi) is 6.16. The molecular weight excluding hydrogens is 313 g/mol. The molecule has 0 unspecified atom stereocenters. The zero-order valence-electron chi connectivity index (χ0n) is 11.8. The molecule has 21 heavy (non-hydrogen) atoms. The number of carbonyl (C=O) groups is 2. The quantitative estimate of drug-likeness (QED) is 0.767. The number of amides is 2. The van der Waals surface area contributed by atoms with Gasteiger partial charge in [0.1, 0.15) is 0 Å². The summed E-state index contributed by atoms with van der Waals surface area (Å²) in [7, 11) is 2.08. The molecule has 0 aromatic heterocycles. The van der Waals surface area contributed by atoms with Crippen molar-refractivity contribution < 1.29 is 9.59 Å². The molecule has 5 nitrogen and oxygen atoms in total. The minimum atomic E-state index is -0.167. The number of rotatable bonds is 2. The van der Waals surface area contributed by atoms with Crippen LogP contribution in [0.15, 0.2) is 24.3 Å². The summed E-state index contributed by atoms with van der Waals surface area (Å²) in [6, 6.07) is 7.03. The third-order valence-corrected chi connectivity index (χ3v) is 3.82. The van der Waals surface area contributed by atoms with Crippen molar-refractivity contribution in [3.05, 3.63) is 35.4 Å². The minimum absolute atomic E-state index is 0. The second-order valence-electron chi connectivity index (χ2n) is 5.15. The molecule has 2 amide bonds. The Morgan fingerprint density at radius 2 is 1.38 bits per heavy atom. The molecular formula is C14H19Cl2N3O2. The Balaban J connectivity index is 0.00000110. The van der Waals surface area contributed by atoms with Gasteiger partial charge >= 0.3 is 0 Å². The molecule has 7 heteroatoms. The summed E-state index contributed by atoms with van der Waals surface area (Å²) in [6.45, 7) is 4.14. The monoisotopic (exact) mass is 331 g/mol. The number of benzene rings is 1. The van der Waals surface area contributed by atoms with Crippen LogP contribution >= 0.6 is 24.8 Å². The van der Waals surface area contributed by atoms with Crippen molar-refractivity contribution in [2.24, 2.45) is 0 Å². The smallest absolute Gasteiger partial charge is 0.262 e. The van der Waals surface area contributed by atoms with Crippen LogP contribution in [0.1, 0.15) is 20.7 Å². The molecule has 1 aromatic rings.